The van der Waals surface area contributed by atoms with Crippen LogP contribution < -0.4 is 5.73 Å². The second-order valence-corrected chi connectivity index (χ2v) is 7.55. The Kier molecular flexibility index (Phi) is 5.53. The number of phenolic OH excluding ortho intramolecular Hbond substituents is 1. The van der Waals surface area contributed by atoms with Gasteiger partial charge in [-0.3, -0.25) is 15.0 Å². The van der Waals surface area contributed by atoms with Crippen molar-refractivity contribution in [1.29, 1.82) is 5.41 Å². The summed E-state index contributed by atoms with van der Waals surface area (Å²) in [6.07, 6.45) is -0.615. The van der Waals surface area contributed by atoms with Gasteiger partial charge in [-0.1, -0.05) is 30.3 Å². The van der Waals surface area contributed by atoms with Gasteiger partial charge in [-0.2, -0.15) is 0 Å². The number of imidazole rings is 1. The number of rotatable bonds is 7. The van der Waals surface area contributed by atoms with E-state index in [-0.39, 0.29) is 28.5 Å². The lowest BCUT2D eigenvalue weighted by Crippen LogP contribution is -2.16. The second kappa shape index (κ2) is 8.46. The molecule has 0 aliphatic carbocycles. The van der Waals surface area contributed by atoms with Crippen molar-refractivity contribution in [2.45, 2.75) is 12.3 Å². The predicted molar refractivity (Wildman–Crippen MR) is 122 cm³/mol. The third kappa shape index (κ3) is 4.24. The van der Waals surface area contributed by atoms with E-state index in [0.717, 1.165) is 0 Å². The molecule has 1 atom stereocenters. The molecule has 0 bridgehead atoms. The normalized spacial score (nSPS) is 11.9. The van der Waals surface area contributed by atoms with Crippen LogP contribution in [0.5, 0.6) is 5.75 Å². The van der Waals surface area contributed by atoms with Crippen molar-refractivity contribution in [3.05, 3.63) is 71.8 Å². The molecule has 4 rings (SSSR count). The summed E-state index contributed by atoms with van der Waals surface area (Å²) in [6, 6.07) is 16.8. The number of aromatic hydroxyl groups is 1. The number of phenols is 1. The fourth-order valence-electron chi connectivity index (χ4n) is 3.70. The van der Waals surface area contributed by atoms with Crippen LogP contribution in [0, 0.1) is 5.41 Å². The number of benzene rings is 3. The number of carboxylic acids is 2. The molecule has 1 aromatic heterocycles. The van der Waals surface area contributed by atoms with Gasteiger partial charge in [0.05, 0.1) is 28.9 Å². The van der Waals surface area contributed by atoms with Gasteiger partial charge >= 0.3 is 11.9 Å². The van der Waals surface area contributed by atoms with Gasteiger partial charge in [0.2, 0.25) is 0 Å². The maximum Gasteiger partial charge on any atom is 0.311 e. The number of nitrogens with zero attached hydrogens (tertiary/aromatic N) is 1. The molecule has 3 aromatic carbocycles. The van der Waals surface area contributed by atoms with Crippen LogP contribution in [0.15, 0.2) is 60.7 Å². The molecule has 7 N–H and O–H groups in total. The molecule has 9 nitrogen and oxygen atoms in total. The number of amidine groups is 1. The number of nitrogen functional groups attached to an aromatic ring is 1. The van der Waals surface area contributed by atoms with Crippen molar-refractivity contribution in [2.75, 3.05) is 0 Å². The third-order valence-electron chi connectivity index (χ3n) is 5.34. The quantitative estimate of drug-likeness (QED) is 0.187. The number of aromatic amines is 1. The fraction of sp³-hybridized carbons (Fsp3) is 0.0833. The number of aliphatic carboxylic acids is 2. The lowest BCUT2D eigenvalue weighted by Gasteiger charge is -2.16. The number of hydrogen-bond donors (Lipinski definition) is 6. The molecule has 4 aromatic rings. The first-order valence-corrected chi connectivity index (χ1v) is 9.96. The SMILES string of the molecule is N=C(N)c1ccc2nc(-c3cc([C@@H](CC(=O)O)C(=O)O)cc(-c4ccccc4)c3O)[nH]c2c1. The Bertz CT molecular complexity index is 1400. The zero-order valence-electron chi connectivity index (χ0n) is 17.2. The molecule has 9 heteroatoms. The molecule has 0 spiro atoms. The summed E-state index contributed by atoms with van der Waals surface area (Å²) in [6.45, 7) is 0. The van der Waals surface area contributed by atoms with Gasteiger partial charge in [-0.25, -0.2) is 4.98 Å². The van der Waals surface area contributed by atoms with E-state index in [1.165, 1.54) is 12.1 Å². The smallest absolute Gasteiger partial charge is 0.311 e. The number of hydrogen-bond acceptors (Lipinski definition) is 5. The molecular formula is C24H20N4O5. The number of H-pyrrole nitrogens is 1. The van der Waals surface area contributed by atoms with Gasteiger partial charge in [-0.05, 0) is 41.5 Å². The molecular weight excluding hydrogens is 424 g/mol. The van der Waals surface area contributed by atoms with Crippen LogP contribution in [0.2, 0.25) is 0 Å². The number of fused-ring (bicyclic) bond motifs is 1. The predicted octanol–water partition coefficient (Wildman–Crippen LogP) is 3.53. The Hall–Kier alpha value is -4.66. The lowest BCUT2D eigenvalue weighted by atomic mass is 9.89. The van der Waals surface area contributed by atoms with E-state index < -0.39 is 24.3 Å². The fourth-order valence-corrected chi connectivity index (χ4v) is 3.70. The van der Waals surface area contributed by atoms with Gasteiger partial charge in [-0.15, -0.1) is 0 Å². The van der Waals surface area contributed by atoms with Gasteiger partial charge in [0.25, 0.3) is 0 Å². The highest BCUT2D eigenvalue weighted by atomic mass is 16.4. The number of carbonyl (C=O) groups is 2. The summed E-state index contributed by atoms with van der Waals surface area (Å²) in [5.41, 5.74) is 8.61. The first kappa shape index (κ1) is 21.6. The van der Waals surface area contributed by atoms with Crippen molar-refractivity contribution in [2.24, 2.45) is 5.73 Å². The van der Waals surface area contributed by atoms with E-state index in [1.807, 2.05) is 6.07 Å². The lowest BCUT2D eigenvalue weighted by molar-refractivity contribution is -0.145. The largest absolute Gasteiger partial charge is 0.507 e. The Balaban J connectivity index is 1.95. The maximum absolute atomic E-state index is 11.9. The summed E-state index contributed by atoms with van der Waals surface area (Å²) in [7, 11) is 0. The number of nitrogens with one attached hydrogen (secondary N) is 2. The highest BCUT2D eigenvalue weighted by Crippen LogP contribution is 2.41. The molecule has 166 valence electrons. The first-order valence-electron chi connectivity index (χ1n) is 9.96. The van der Waals surface area contributed by atoms with E-state index >= 15 is 0 Å². The van der Waals surface area contributed by atoms with Crippen LogP contribution in [-0.4, -0.2) is 43.1 Å². The van der Waals surface area contributed by atoms with Crippen LogP contribution >= 0.6 is 0 Å². The summed E-state index contributed by atoms with van der Waals surface area (Å²) in [4.78, 5) is 30.8. The van der Waals surface area contributed by atoms with Crippen LogP contribution in [0.4, 0.5) is 0 Å². The molecule has 0 radical (unpaired) electrons. The minimum absolute atomic E-state index is 0.109. The van der Waals surface area contributed by atoms with Crippen molar-refractivity contribution in [3.63, 3.8) is 0 Å². The van der Waals surface area contributed by atoms with Crippen molar-refractivity contribution in [1.82, 2.24) is 9.97 Å². The first-order chi connectivity index (χ1) is 15.7. The monoisotopic (exact) mass is 444 g/mol. The van der Waals surface area contributed by atoms with Gasteiger partial charge in [0.15, 0.2) is 0 Å². The topological polar surface area (TPSA) is 173 Å². The maximum atomic E-state index is 11.9. The molecule has 0 amide bonds. The Morgan fingerprint density at radius 3 is 2.36 bits per heavy atom. The van der Waals surface area contributed by atoms with Crippen LogP contribution in [0.25, 0.3) is 33.5 Å². The molecule has 0 saturated heterocycles. The summed E-state index contributed by atoms with van der Waals surface area (Å²) < 4.78 is 0. The molecule has 0 unspecified atom stereocenters. The Morgan fingerprint density at radius 1 is 1.03 bits per heavy atom. The van der Waals surface area contributed by atoms with E-state index in [4.69, 9.17) is 11.1 Å². The van der Waals surface area contributed by atoms with Crippen LogP contribution in [-0.2, 0) is 9.59 Å². The van der Waals surface area contributed by atoms with E-state index in [9.17, 15) is 24.9 Å². The van der Waals surface area contributed by atoms with Crippen LogP contribution in [0.1, 0.15) is 23.5 Å². The standard InChI is InChI=1S/C24H20N4O5/c25-22(26)13-6-7-18-19(10-13)28-23(27-18)17-9-14(16(24(32)33)11-20(29)30)8-15(21(17)31)12-4-2-1-3-5-12/h1-10,16,31H,11H2,(H3,25,26)(H,27,28)(H,29,30)(H,32,33)/t16-/m1/s1. The minimum Gasteiger partial charge on any atom is -0.507 e. The zero-order valence-corrected chi connectivity index (χ0v) is 17.2. The molecule has 0 aliphatic heterocycles. The molecule has 0 fully saturated rings. The zero-order chi connectivity index (χ0) is 23.7. The molecule has 1 heterocycles. The van der Waals surface area contributed by atoms with E-state index in [1.54, 1.807) is 42.5 Å². The average Bonchev–Trinajstić information content (AvgIpc) is 3.21. The Morgan fingerprint density at radius 2 is 1.73 bits per heavy atom. The number of carboxylic acid groups (broad SMARTS) is 2. The third-order valence-corrected chi connectivity index (χ3v) is 5.34. The summed E-state index contributed by atoms with van der Waals surface area (Å²) in [5, 5.41) is 37.6. The van der Waals surface area contributed by atoms with Crippen molar-refractivity contribution >= 4 is 28.8 Å². The van der Waals surface area contributed by atoms with Gasteiger partial charge < -0.3 is 26.0 Å². The molecule has 0 saturated carbocycles. The van der Waals surface area contributed by atoms with Crippen molar-refractivity contribution in [3.8, 4) is 28.3 Å². The minimum atomic E-state index is -1.32. The van der Waals surface area contributed by atoms with Crippen molar-refractivity contribution < 1.29 is 24.9 Å². The highest BCUT2D eigenvalue weighted by molar-refractivity contribution is 5.98. The average molecular weight is 444 g/mol. The van der Waals surface area contributed by atoms with E-state index in [0.29, 0.717) is 27.7 Å². The number of nitrogens with two attached hydrogens (primary N) is 1. The number of aromatic nitrogens is 2. The van der Waals surface area contributed by atoms with E-state index in [2.05, 4.69) is 9.97 Å². The second-order valence-electron chi connectivity index (χ2n) is 7.55. The van der Waals surface area contributed by atoms with Crippen LogP contribution in [0.3, 0.4) is 0 Å². The summed E-state index contributed by atoms with van der Waals surface area (Å²) >= 11 is 0. The highest BCUT2D eigenvalue weighted by Gasteiger charge is 2.26. The van der Waals surface area contributed by atoms with Gasteiger partial charge in [0.1, 0.15) is 17.4 Å². The molecule has 33 heavy (non-hydrogen) atoms. The molecule has 0 aliphatic rings. The summed E-state index contributed by atoms with van der Waals surface area (Å²) in [5.74, 6) is -3.83. The van der Waals surface area contributed by atoms with Gasteiger partial charge in [0, 0.05) is 11.1 Å². The Labute approximate surface area is 187 Å².